The number of nitrogens with one attached hydrogen (secondary N) is 2. The van der Waals surface area contributed by atoms with E-state index in [0.717, 1.165) is 31.7 Å². The van der Waals surface area contributed by atoms with Crippen molar-refractivity contribution >= 4 is 24.0 Å². The zero-order valence-electron chi connectivity index (χ0n) is 10.8. The highest BCUT2D eigenvalue weighted by molar-refractivity contribution is 5.88. The van der Waals surface area contributed by atoms with Crippen molar-refractivity contribution in [1.82, 2.24) is 9.88 Å². The van der Waals surface area contributed by atoms with Crippen molar-refractivity contribution < 1.29 is 4.79 Å². The molecule has 5 nitrogen and oxygen atoms in total. The second-order valence-corrected chi connectivity index (χ2v) is 5.26. The third-order valence-corrected chi connectivity index (χ3v) is 3.78. The molecule has 2 N–H and O–H groups in total. The molecule has 2 bridgehead atoms. The van der Waals surface area contributed by atoms with E-state index >= 15 is 0 Å². The lowest BCUT2D eigenvalue weighted by molar-refractivity contribution is -0.114. The van der Waals surface area contributed by atoms with Crippen LogP contribution in [0.3, 0.4) is 0 Å². The van der Waals surface area contributed by atoms with Crippen LogP contribution in [0.4, 0.5) is 5.69 Å². The van der Waals surface area contributed by atoms with E-state index in [1.807, 2.05) is 10.6 Å². The maximum Gasteiger partial charge on any atom is 0.252 e. The van der Waals surface area contributed by atoms with Gasteiger partial charge in [0.25, 0.3) is 5.56 Å². The third-order valence-electron chi connectivity index (χ3n) is 3.78. The summed E-state index contributed by atoms with van der Waals surface area (Å²) in [5, 5.41) is 6.10. The normalized spacial score (nSPS) is 24.1. The van der Waals surface area contributed by atoms with E-state index in [4.69, 9.17) is 0 Å². The number of anilines is 1. The molecule has 2 aliphatic heterocycles. The first-order valence-electron chi connectivity index (χ1n) is 6.36. The van der Waals surface area contributed by atoms with E-state index in [0.29, 0.717) is 17.5 Å². The van der Waals surface area contributed by atoms with Gasteiger partial charge in [0, 0.05) is 43.4 Å². The number of aromatic nitrogens is 1. The molecule has 1 aromatic rings. The minimum absolute atomic E-state index is 0. The fourth-order valence-corrected chi connectivity index (χ4v) is 3.08. The number of nitrogens with zero attached hydrogens (tertiary/aromatic N) is 1. The van der Waals surface area contributed by atoms with E-state index in [-0.39, 0.29) is 23.9 Å². The van der Waals surface area contributed by atoms with Crippen LogP contribution in [0, 0.1) is 5.92 Å². The Hall–Kier alpha value is -1.33. The van der Waals surface area contributed by atoms with Crippen molar-refractivity contribution in [3.05, 3.63) is 28.2 Å². The van der Waals surface area contributed by atoms with Crippen LogP contribution in [0.15, 0.2) is 16.9 Å². The van der Waals surface area contributed by atoms with Gasteiger partial charge in [-0.15, -0.1) is 12.4 Å². The van der Waals surface area contributed by atoms with Gasteiger partial charge in [0.2, 0.25) is 5.91 Å². The molecule has 1 unspecified atom stereocenters. The second-order valence-electron chi connectivity index (χ2n) is 5.26. The Morgan fingerprint density at radius 3 is 2.95 bits per heavy atom. The van der Waals surface area contributed by atoms with Gasteiger partial charge < -0.3 is 15.2 Å². The van der Waals surface area contributed by atoms with Crippen LogP contribution in [-0.4, -0.2) is 23.6 Å². The molecule has 0 aromatic carbocycles. The highest BCUT2D eigenvalue weighted by Crippen LogP contribution is 2.32. The van der Waals surface area contributed by atoms with Crippen molar-refractivity contribution in [2.24, 2.45) is 5.92 Å². The Morgan fingerprint density at radius 1 is 1.42 bits per heavy atom. The predicted octanol–water partition coefficient (Wildman–Crippen LogP) is 0.935. The lowest BCUT2D eigenvalue weighted by atomic mass is 9.84. The largest absolute Gasteiger partial charge is 0.326 e. The first kappa shape index (κ1) is 14.1. The summed E-state index contributed by atoms with van der Waals surface area (Å²) < 4.78 is 1.87. The van der Waals surface area contributed by atoms with E-state index in [1.165, 1.54) is 13.0 Å². The van der Waals surface area contributed by atoms with Gasteiger partial charge in [-0.05, 0) is 24.9 Å². The lowest BCUT2D eigenvalue weighted by Crippen LogP contribution is -2.44. The summed E-state index contributed by atoms with van der Waals surface area (Å²) in [7, 11) is 0. The average molecular weight is 284 g/mol. The molecule has 3 heterocycles. The first-order chi connectivity index (χ1) is 8.63. The lowest BCUT2D eigenvalue weighted by Gasteiger charge is -2.37. The molecule has 0 saturated carbocycles. The maximum absolute atomic E-state index is 12.1. The zero-order chi connectivity index (χ0) is 12.7. The summed E-state index contributed by atoms with van der Waals surface area (Å²) in [4.78, 5) is 23.2. The Balaban J connectivity index is 0.00000133. The topological polar surface area (TPSA) is 63.1 Å². The summed E-state index contributed by atoms with van der Waals surface area (Å²) >= 11 is 0. The van der Waals surface area contributed by atoms with E-state index < -0.39 is 0 Å². The van der Waals surface area contributed by atoms with Crippen LogP contribution in [0.25, 0.3) is 0 Å². The van der Waals surface area contributed by atoms with Gasteiger partial charge >= 0.3 is 0 Å². The molecule has 0 radical (unpaired) electrons. The Labute approximate surface area is 117 Å². The number of rotatable bonds is 1. The predicted molar refractivity (Wildman–Crippen MR) is 76.0 cm³/mol. The van der Waals surface area contributed by atoms with Gasteiger partial charge in [0.05, 0.1) is 0 Å². The third kappa shape index (κ3) is 2.67. The fourth-order valence-electron chi connectivity index (χ4n) is 3.08. The minimum atomic E-state index is -0.144. The number of amides is 1. The Kier molecular flexibility index (Phi) is 3.96. The molecule has 1 amide bonds. The molecule has 0 aliphatic carbocycles. The number of piperidine rings is 1. The van der Waals surface area contributed by atoms with Crippen LogP contribution < -0.4 is 16.2 Å². The standard InChI is InChI=1S/C13H17N3O2.ClH/c1-8(17)15-11-3-12-10-2-9(5-14-6-10)7-16(12)13(18)4-11;/h3-4,9-10,14H,2,5-7H2,1H3,(H,15,17);1H/t9?,10-;/m0./s1. The van der Waals surface area contributed by atoms with Crippen molar-refractivity contribution in [3.8, 4) is 0 Å². The van der Waals surface area contributed by atoms with E-state index in [1.54, 1.807) is 0 Å². The number of carbonyl (C=O) groups excluding carboxylic acids is 1. The van der Waals surface area contributed by atoms with E-state index in [9.17, 15) is 9.59 Å². The number of pyridine rings is 1. The van der Waals surface area contributed by atoms with Crippen LogP contribution >= 0.6 is 12.4 Å². The van der Waals surface area contributed by atoms with Gasteiger partial charge in [-0.2, -0.15) is 0 Å². The monoisotopic (exact) mass is 283 g/mol. The molecule has 0 spiro atoms. The smallest absolute Gasteiger partial charge is 0.252 e. The zero-order valence-corrected chi connectivity index (χ0v) is 11.6. The number of fused-ring (bicyclic) bond motifs is 4. The molecule has 2 atom stereocenters. The van der Waals surface area contributed by atoms with Crippen molar-refractivity contribution in [3.63, 3.8) is 0 Å². The van der Waals surface area contributed by atoms with Gasteiger partial charge in [0.15, 0.2) is 0 Å². The second kappa shape index (κ2) is 5.35. The van der Waals surface area contributed by atoms with Gasteiger partial charge in [-0.3, -0.25) is 9.59 Å². The number of carbonyl (C=O) groups is 1. The molecule has 104 valence electrons. The van der Waals surface area contributed by atoms with Crippen molar-refractivity contribution in [2.75, 3.05) is 18.4 Å². The van der Waals surface area contributed by atoms with Gasteiger partial charge in [0.1, 0.15) is 0 Å². The maximum atomic E-state index is 12.1. The molecule has 1 saturated heterocycles. The molecule has 1 fully saturated rings. The van der Waals surface area contributed by atoms with Crippen LogP contribution in [-0.2, 0) is 11.3 Å². The molecule has 2 aliphatic rings. The highest BCUT2D eigenvalue weighted by Gasteiger charge is 2.31. The Bertz CT molecular complexity index is 555. The minimum Gasteiger partial charge on any atom is -0.326 e. The number of hydrogen-bond acceptors (Lipinski definition) is 3. The molecule has 3 rings (SSSR count). The Morgan fingerprint density at radius 2 is 2.21 bits per heavy atom. The first-order valence-corrected chi connectivity index (χ1v) is 6.36. The van der Waals surface area contributed by atoms with Crippen LogP contribution in [0.1, 0.15) is 25.0 Å². The van der Waals surface area contributed by atoms with Crippen LogP contribution in [0.2, 0.25) is 0 Å². The summed E-state index contributed by atoms with van der Waals surface area (Å²) in [6.07, 6.45) is 1.13. The molecular weight excluding hydrogens is 266 g/mol. The fraction of sp³-hybridized carbons (Fsp3) is 0.538. The van der Waals surface area contributed by atoms with E-state index in [2.05, 4.69) is 10.6 Å². The molecule has 6 heteroatoms. The van der Waals surface area contributed by atoms with Crippen molar-refractivity contribution in [1.29, 1.82) is 0 Å². The van der Waals surface area contributed by atoms with Crippen LogP contribution in [0.5, 0.6) is 0 Å². The molecular formula is C13H18ClN3O2. The summed E-state index contributed by atoms with van der Waals surface area (Å²) in [5.41, 5.74) is 1.66. The summed E-state index contributed by atoms with van der Waals surface area (Å²) in [5.74, 6) is 0.800. The number of halogens is 1. The summed E-state index contributed by atoms with van der Waals surface area (Å²) in [6, 6.07) is 3.45. The van der Waals surface area contributed by atoms with Gasteiger partial charge in [-0.1, -0.05) is 0 Å². The average Bonchev–Trinajstić information content (AvgIpc) is 2.31. The molecule has 19 heavy (non-hydrogen) atoms. The number of hydrogen-bond donors (Lipinski definition) is 2. The van der Waals surface area contributed by atoms with Crippen molar-refractivity contribution in [2.45, 2.75) is 25.8 Å². The quantitative estimate of drug-likeness (QED) is 0.806. The molecule has 1 aromatic heterocycles. The van der Waals surface area contributed by atoms with Gasteiger partial charge in [-0.25, -0.2) is 0 Å². The highest BCUT2D eigenvalue weighted by atomic mass is 35.5. The summed E-state index contributed by atoms with van der Waals surface area (Å²) in [6.45, 7) is 4.16. The SMILES string of the molecule is CC(=O)Nc1cc2n(c(=O)c1)CC1CNC[C@@H]2C1.Cl.